The van der Waals surface area contributed by atoms with Crippen molar-refractivity contribution in [2.45, 2.75) is 6.36 Å². The standard InChI is InChI=1S/C8H5F4NO3/c1-15-7(14)5-4(16-8(10,11)12)2-3-13-6(5)9/h2-3H,1H3. The lowest BCUT2D eigenvalue weighted by atomic mass is 10.2. The Morgan fingerprint density at radius 3 is 2.56 bits per heavy atom. The van der Waals surface area contributed by atoms with Crippen molar-refractivity contribution in [3.8, 4) is 5.75 Å². The lowest BCUT2D eigenvalue weighted by molar-refractivity contribution is -0.274. The molecule has 0 saturated heterocycles. The molecule has 4 nitrogen and oxygen atoms in total. The number of hydrogen-bond donors (Lipinski definition) is 0. The summed E-state index contributed by atoms with van der Waals surface area (Å²) in [5.74, 6) is -3.69. The van der Waals surface area contributed by atoms with E-state index in [1.165, 1.54) is 0 Å². The SMILES string of the molecule is COC(=O)c1c(OC(F)(F)F)ccnc1F. The van der Waals surface area contributed by atoms with Crippen LogP contribution in [0.15, 0.2) is 12.3 Å². The molecule has 0 bridgehead atoms. The lowest BCUT2D eigenvalue weighted by Crippen LogP contribution is -2.20. The number of esters is 1. The molecule has 16 heavy (non-hydrogen) atoms. The molecule has 88 valence electrons. The van der Waals surface area contributed by atoms with Gasteiger partial charge < -0.3 is 9.47 Å². The second-order valence-electron chi connectivity index (χ2n) is 2.51. The molecule has 0 N–H and O–H groups in total. The average Bonchev–Trinajstić information content (AvgIpc) is 2.14. The van der Waals surface area contributed by atoms with Crippen LogP contribution < -0.4 is 4.74 Å². The predicted molar refractivity (Wildman–Crippen MR) is 42.2 cm³/mol. The third-order valence-corrected chi connectivity index (χ3v) is 1.48. The van der Waals surface area contributed by atoms with Gasteiger partial charge in [0.25, 0.3) is 0 Å². The first-order valence-electron chi connectivity index (χ1n) is 3.83. The van der Waals surface area contributed by atoms with E-state index in [9.17, 15) is 22.4 Å². The highest BCUT2D eigenvalue weighted by molar-refractivity contribution is 5.92. The van der Waals surface area contributed by atoms with E-state index in [1.54, 1.807) is 0 Å². The summed E-state index contributed by atoms with van der Waals surface area (Å²) in [6.07, 6.45) is -4.29. The van der Waals surface area contributed by atoms with Crippen molar-refractivity contribution in [3.63, 3.8) is 0 Å². The maximum Gasteiger partial charge on any atom is 0.573 e. The average molecular weight is 239 g/mol. The number of ether oxygens (including phenoxy) is 2. The summed E-state index contributed by atoms with van der Waals surface area (Å²) >= 11 is 0. The normalized spacial score (nSPS) is 11.1. The Bertz CT molecular complexity index is 405. The molecule has 0 atom stereocenters. The Hall–Kier alpha value is -1.86. The van der Waals surface area contributed by atoms with E-state index in [1.807, 2.05) is 0 Å². The fraction of sp³-hybridized carbons (Fsp3) is 0.250. The lowest BCUT2D eigenvalue weighted by Gasteiger charge is -2.11. The van der Waals surface area contributed by atoms with Crippen molar-refractivity contribution in [2.24, 2.45) is 0 Å². The van der Waals surface area contributed by atoms with E-state index < -0.39 is 29.6 Å². The number of halogens is 4. The van der Waals surface area contributed by atoms with Crippen LogP contribution in [0.2, 0.25) is 0 Å². The minimum atomic E-state index is -5.03. The molecule has 0 unspecified atom stereocenters. The number of alkyl halides is 3. The maximum atomic E-state index is 13.0. The van der Waals surface area contributed by atoms with Gasteiger partial charge in [0.15, 0.2) is 5.56 Å². The summed E-state index contributed by atoms with van der Waals surface area (Å²) in [6, 6.07) is 0.711. The molecule has 1 rings (SSSR count). The van der Waals surface area contributed by atoms with Gasteiger partial charge in [0, 0.05) is 6.20 Å². The quantitative estimate of drug-likeness (QED) is 0.449. The number of carbonyl (C=O) groups excluding carboxylic acids is 1. The van der Waals surface area contributed by atoms with E-state index in [2.05, 4.69) is 14.5 Å². The Kier molecular flexibility index (Phi) is 3.31. The Morgan fingerprint density at radius 2 is 2.06 bits per heavy atom. The van der Waals surface area contributed by atoms with Crippen LogP contribution in [0.25, 0.3) is 0 Å². The first-order valence-corrected chi connectivity index (χ1v) is 3.83. The molecule has 0 aromatic carbocycles. The monoisotopic (exact) mass is 239 g/mol. The molecule has 0 spiro atoms. The molecule has 0 fully saturated rings. The minimum Gasteiger partial charge on any atom is -0.465 e. The highest BCUT2D eigenvalue weighted by Gasteiger charge is 2.34. The van der Waals surface area contributed by atoms with Crippen LogP contribution in [-0.2, 0) is 4.74 Å². The van der Waals surface area contributed by atoms with Gasteiger partial charge >= 0.3 is 12.3 Å². The Morgan fingerprint density at radius 1 is 1.44 bits per heavy atom. The molecule has 0 aliphatic heterocycles. The van der Waals surface area contributed by atoms with Crippen LogP contribution in [0.5, 0.6) is 5.75 Å². The fourth-order valence-electron chi connectivity index (χ4n) is 0.917. The summed E-state index contributed by atoms with van der Waals surface area (Å²) < 4.78 is 56.3. The maximum absolute atomic E-state index is 13.0. The zero-order valence-electron chi connectivity index (χ0n) is 7.84. The highest BCUT2D eigenvalue weighted by atomic mass is 19.4. The Labute approximate surface area is 86.8 Å². The van der Waals surface area contributed by atoms with Gasteiger partial charge in [-0.15, -0.1) is 13.2 Å². The van der Waals surface area contributed by atoms with Gasteiger partial charge in [-0.05, 0) is 6.07 Å². The summed E-state index contributed by atoms with van der Waals surface area (Å²) in [6.45, 7) is 0. The number of hydrogen-bond acceptors (Lipinski definition) is 4. The van der Waals surface area contributed by atoms with E-state index in [4.69, 9.17) is 0 Å². The second kappa shape index (κ2) is 4.33. The summed E-state index contributed by atoms with van der Waals surface area (Å²) in [7, 11) is 0.895. The van der Waals surface area contributed by atoms with E-state index >= 15 is 0 Å². The number of pyridine rings is 1. The summed E-state index contributed by atoms with van der Waals surface area (Å²) in [5.41, 5.74) is -0.998. The molecule has 1 aromatic rings. The van der Waals surface area contributed by atoms with Crippen molar-refractivity contribution in [1.29, 1.82) is 0 Å². The molecule has 1 heterocycles. The topological polar surface area (TPSA) is 48.4 Å². The van der Waals surface area contributed by atoms with Gasteiger partial charge in [0.1, 0.15) is 5.75 Å². The highest BCUT2D eigenvalue weighted by Crippen LogP contribution is 2.27. The summed E-state index contributed by atoms with van der Waals surface area (Å²) in [5, 5.41) is 0. The first kappa shape index (κ1) is 12.2. The summed E-state index contributed by atoms with van der Waals surface area (Å²) in [4.78, 5) is 14.0. The largest absolute Gasteiger partial charge is 0.573 e. The number of rotatable bonds is 2. The van der Waals surface area contributed by atoms with E-state index in [-0.39, 0.29) is 0 Å². The molecule has 0 amide bonds. The van der Waals surface area contributed by atoms with Crippen LogP contribution >= 0.6 is 0 Å². The van der Waals surface area contributed by atoms with E-state index in [0.717, 1.165) is 13.3 Å². The Balaban J connectivity index is 3.18. The van der Waals surface area contributed by atoms with Gasteiger partial charge in [0.2, 0.25) is 5.95 Å². The van der Waals surface area contributed by atoms with Crippen LogP contribution in [0.1, 0.15) is 10.4 Å². The minimum absolute atomic E-state index is 0.711. The molecule has 8 heteroatoms. The second-order valence-corrected chi connectivity index (χ2v) is 2.51. The van der Waals surface area contributed by atoms with Crippen LogP contribution in [-0.4, -0.2) is 24.4 Å². The van der Waals surface area contributed by atoms with Gasteiger partial charge in [-0.3, -0.25) is 0 Å². The number of nitrogens with zero attached hydrogens (tertiary/aromatic N) is 1. The smallest absolute Gasteiger partial charge is 0.465 e. The van der Waals surface area contributed by atoms with Gasteiger partial charge in [-0.25, -0.2) is 9.78 Å². The third-order valence-electron chi connectivity index (χ3n) is 1.48. The van der Waals surface area contributed by atoms with Gasteiger partial charge in [-0.2, -0.15) is 4.39 Å². The number of carbonyl (C=O) groups is 1. The molecular formula is C8H5F4NO3. The van der Waals surface area contributed by atoms with E-state index in [0.29, 0.717) is 6.07 Å². The molecular weight excluding hydrogens is 234 g/mol. The molecule has 0 aliphatic rings. The number of methoxy groups -OCH3 is 1. The van der Waals surface area contributed by atoms with Crippen molar-refractivity contribution < 1.29 is 31.8 Å². The third kappa shape index (κ3) is 2.81. The van der Waals surface area contributed by atoms with Crippen molar-refractivity contribution >= 4 is 5.97 Å². The van der Waals surface area contributed by atoms with Gasteiger partial charge in [-0.1, -0.05) is 0 Å². The van der Waals surface area contributed by atoms with Crippen LogP contribution in [0.3, 0.4) is 0 Å². The first-order chi connectivity index (χ1) is 7.35. The molecule has 0 radical (unpaired) electrons. The fourth-order valence-corrected chi connectivity index (χ4v) is 0.917. The van der Waals surface area contributed by atoms with Crippen molar-refractivity contribution in [2.75, 3.05) is 7.11 Å². The molecule has 0 aliphatic carbocycles. The molecule has 1 aromatic heterocycles. The molecule has 0 saturated carbocycles. The van der Waals surface area contributed by atoms with Crippen LogP contribution in [0.4, 0.5) is 17.6 Å². The predicted octanol–water partition coefficient (Wildman–Crippen LogP) is 1.91. The zero-order chi connectivity index (χ0) is 12.3. The van der Waals surface area contributed by atoms with Crippen molar-refractivity contribution in [3.05, 3.63) is 23.8 Å². The van der Waals surface area contributed by atoms with Gasteiger partial charge in [0.05, 0.1) is 7.11 Å². The van der Waals surface area contributed by atoms with Crippen LogP contribution in [0, 0.1) is 5.95 Å². The number of aromatic nitrogens is 1. The zero-order valence-corrected chi connectivity index (χ0v) is 7.84. The van der Waals surface area contributed by atoms with Crippen molar-refractivity contribution in [1.82, 2.24) is 4.98 Å².